The zero-order valence-electron chi connectivity index (χ0n) is 9.24. The highest BCUT2D eigenvalue weighted by Crippen LogP contribution is 2.28. The highest BCUT2D eigenvalue weighted by molar-refractivity contribution is 6.30. The third-order valence-corrected chi connectivity index (χ3v) is 3.46. The van der Waals surface area contributed by atoms with Crippen LogP contribution in [0.4, 0.5) is 0 Å². The van der Waals surface area contributed by atoms with E-state index in [-0.39, 0.29) is 5.78 Å². The highest BCUT2D eigenvalue weighted by atomic mass is 35.5. The molecule has 84 valence electrons. The van der Waals surface area contributed by atoms with Gasteiger partial charge in [0.1, 0.15) is 0 Å². The van der Waals surface area contributed by atoms with Crippen molar-refractivity contribution in [3.63, 3.8) is 0 Å². The second-order valence-electron chi connectivity index (χ2n) is 4.30. The Morgan fingerprint density at radius 2 is 1.59 bits per heavy atom. The number of carbonyl (C=O) groups is 1. The van der Waals surface area contributed by atoms with Crippen molar-refractivity contribution in [2.24, 2.45) is 0 Å². The van der Waals surface area contributed by atoms with Crippen LogP contribution in [0.25, 0.3) is 11.1 Å². The quantitative estimate of drug-likeness (QED) is 0.735. The lowest BCUT2D eigenvalue weighted by Crippen LogP contribution is -1.90. The van der Waals surface area contributed by atoms with Crippen LogP contribution >= 0.6 is 11.6 Å². The molecular formula is C15H11ClO. The molecule has 3 rings (SSSR count). The Morgan fingerprint density at radius 1 is 0.882 bits per heavy atom. The lowest BCUT2D eigenvalue weighted by molar-refractivity contribution is 0.0994. The fourth-order valence-electron chi connectivity index (χ4n) is 2.28. The van der Waals surface area contributed by atoms with Crippen molar-refractivity contribution in [1.82, 2.24) is 0 Å². The van der Waals surface area contributed by atoms with Gasteiger partial charge in [-0.1, -0.05) is 41.9 Å². The third kappa shape index (κ3) is 1.87. The van der Waals surface area contributed by atoms with E-state index in [9.17, 15) is 4.79 Å². The summed E-state index contributed by atoms with van der Waals surface area (Å²) in [6, 6.07) is 13.8. The van der Waals surface area contributed by atoms with Crippen LogP contribution in [0.15, 0.2) is 42.5 Å². The number of ketones is 1. The zero-order valence-corrected chi connectivity index (χ0v) is 10.00. The predicted octanol–water partition coefficient (Wildman–Crippen LogP) is 4.14. The molecule has 0 radical (unpaired) electrons. The van der Waals surface area contributed by atoms with Crippen LogP contribution in [0.1, 0.15) is 22.3 Å². The van der Waals surface area contributed by atoms with Gasteiger partial charge in [-0.25, -0.2) is 0 Å². The Kier molecular flexibility index (Phi) is 2.49. The molecule has 0 atom stereocenters. The summed E-state index contributed by atoms with van der Waals surface area (Å²) < 4.78 is 0. The van der Waals surface area contributed by atoms with Crippen LogP contribution in [-0.4, -0.2) is 5.78 Å². The highest BCUT2D eigenvalue weighted by Gasteiger charge is 2.19. The molecule has 0 heterocycles. The maximum absolute atomic E-state index is 11.5. The van der Waals surface area contributed by atoms with Crippen molar-refractivity contribution < 1.29 is 4.79 Å². The molecular weight excluding hydrogens is 232 g/mol. The molecule has 0 saturated carbocycles. The van der Waals surface area contributed by atoms with Gasteiger partial charge in [-0.3, -0.25) is 4.79 Å². The molecule has 2 heteroatoms. The Hall–Kier alpha value is -1.60. The summed E-state index contributed by atoms with van der Waals surface area (Å²) in [5.41, 5.74) is 4.34. The topological polar surface area (TPSA) is 17.1 Å². The zero-order chi connectivity index (χ0) is 11.8. The summed E-state index contributed by atoms with van der Waals surface area (Å²) in [5.74, 6) is 0.266. The normalized spacial score (nSPS) is 13.8. The van der Waals surface area contributed by atoms with Crippen LogP contribution in [0, 0.1) is 0 Å². The summed E-state index contributed by atoms with van der Waals surface area (Å²) in [5, 5.41) is 0.741. The van der Waals surface area contributed by atoms with Crippen LogP contribution in [-0.2, 0) is 6.42 Å². The van der Waals surface area contributed by atoms with Crippen LogP contribution in [0.3, 0.4) is 0 Å². The van der Waals surface area contributed by atoms with Gasteiger partial charge < -0.3 is 0 Å². The summed E-state index contributed by atoms with van der Waals surface area (Å²) in [7, 11) is 0. The average molecular weight is 243 g/mol. The maximum Gasteiger partial charge on any atom is 0.163 e. The van der Waals surface area contributed by atoms with Gasteiger partial charge in [0, 0.05) is 17.0 Å². The second-order valence-corrected chi connectivity index (χ2v) is 4.74. The summed E-state index contributed by atoms with van der Waals surface area (Å²) in [4.78, 5) is 11.5. The minimum Gasteiger partial charge on any atom is -0.294 e. The Bertz CT molecular complexity index is 584. The molecule has 1 nitrogen and oxygen atoms in total. The first-order valence-corrected chi connectivity index (χ1v) is 6.04. The summed E-state index contributed by atoms with van der Waals surface area (Å²) in [6.45, 7) is 0. The minimum absolute atomic E-state index is 0.266. The Labute approximate surface area is 105 Å². The number of aryl methyl sites for hydroxylation is 1. The van der Waals surface area contributed by atoms with Crippen molar-refractivity contribution in [3.05, 3.63) is 58.6 Å². The van der Waals surface area contributed by atoms with E-state index in [1.807, 2.05) is 36.4 Å². The average Bonchev–Trinajstić information content (AvgIpc) is 2.72. The molecule has 0 amide bonds. The van der Waals surface area contributed by atoms with Gasteiger partial charge in [0.05, 0.1) is 0 Å². The monoisotopic (exact) mass is 242 g/mol. The van der Waals surface area contributed by atoms with Crippen molar-refractivity contribution in [2.75, 3.05) is 0 Å². The molecule has 0 aliphatic heterocycles. The fraction of sp³-hybridized carbons (Fsp3) is 0.133. The molecule has 2 aromatic rings. The van der Waals surface area contributed by atoms with Crippen LogP contribution in [0.5, 0.6) is 0 Å². The lowest BCUT2D eigenvalue weighted by atomic mass is 10.0. The van der Waals surface area contributed by atoms with E-state index in [0.29, 0.717) is 6.42 Å². The van der Waals surface area contributed by atoms with E-state index >= 15 is 0 Å². The third-order valence-electron chi connectivity index (χ3n) is 3.20. The number of halogens is 1. The number of fused-ring (bicyclic) bond motifs is 1. The van der Waals surface area contributed by atoms with Crippen LogP contribution < -0.4 is 0 Å². The molecule has 0 bridgehead atoms. The van der Waals surface area contributed by atoms with Crippen molar-refractivity contribution in [3.8, 4) is 11.1 Å². The standard InChI is InChI=1S/C15H11ClO/c16-13-5-1-10(2-6-13)11-3-7-14-12(9-11)4-8-15(14)17/h1-3,5-7,9H,4,8H2. The van der Waals surface area contributed by atoms with Gasteiger partial charge in [-0.2, -0.15) is 0 Å². The number of hydrogen-bond donors (Lipinski definition) is 0. The molecule has 0 unspecified atom stereocenters. The SMILES string of the molecule is O=C1CCc2cc(-c3ccc(Cl)cc3)ccc21. The number of carbonyl (C=O) groups excluding carboxylic acids is 1. The molecule has 1 aliphatic rings. The smallest absolute Gasteiger partial charge is 0.163 e. The molecule has 0 fully saturated rings. The molecule has 2 aromatic carbocycles. The lowest BCUT2D eigenvalue weighted by Gasteiger charge is -2.04. The van der Waals surface area contributed by atoms with Gasteiger partial charge in [-0.15, -0.1) is 0 Å². The van der Waals surface area contributed by atoms with Gasteiger partial charge in [-0.05, 0) is 35.2 Å². The molecule has 17 heavy (non-hydrogen) atoms. The van der Waals surface area contributed by atoms with Crippen LogP contribution in [0.2, 0.25) is 5.02 Å². The van der Waals surface area contributed by atoms with E-state index in [4.69, 9.17) is 11.6 Å². The van der Waals surface area contributed by atoms with E-state index in [1.165, 1.54) is 5.56 Å². The van der Waals surface area contributed by atoms with Gasteiger partial charge in [0.15, 0.2) is 5.78 Å². The number of hydrogen-bond acceptors (Lipinski definition) is 1. The molecule has 0 spiro atoms. The van der Waals surface area contributed by atoms with E-state index < -0.39 is 0 Å². The Morgan fingerprint density at radius 3 is 2.35 bits per heavy atom. The number of rotatable bonds is 1. The molecule has 0 N–H and O–H groups in total. The minimum atomic E-state index is 0.266. The summed E-state index contributed by atoms with van der Waals surface area (Å²) >= 11 is 5.87. The van der Waals surface area contributed by atoms with Gasteiger partial charge in [0.25, 0.3) is 0 Å². The number of Topliss-reactive ketones (excluding diaryl/α,β-unsaturated/α-hetero) is 1. The first-order chi connectivity index (χ1) is 8.24. The van der Waals surface area contributed by atoms with Crippen molar-refractivity contribution >= 4 is 17.4 Å². The molecule has 0 saturated heterocycles. The molecule has 1 aliphatic carbocycles. The number of benzene rings is 2. The predicted molar refractivity (Wildman–Crippen MR) is 69.5 cm³/mol. The van der Waals surface area contributed by atoms with Crippen molar-refractivity contribution in [2.45, 2.75) is 12.8 Å². The first kappa shape index (κ1) is 10.5. The van der Waals surface area contributed by atoms with E-state index in [0.717, 1.165) is 28.1 Å². The van der Waals surface area contributed by atoms with E-state index in [1.54, 1.807) is 0 Å². The molecule has 0 aromatic heterocycles. The van der Waals surface area contributed by atoms with Gasteiger partial charge in [0.2, 0.25) is 0 Å². The fourth-order valence-corrected chi connectivity index (χ4v) is 2.40. The second kappa shape index (κ2) is 4.01. The maximum atomic E-state index is 11.5. The summed E-state index contributed by atoms with van der Waals surface area (Å²) in [6.07, 6.45) is 1.52. The largest absolute Gasteiger partial charge is 0.294 e. The van der Waals surface area contributed by atoms with Crippen molar-refractivity contribution in [1.29, 1.82) is 0 Å². The van der Waals surface area contributed by atoms with Gasteiger partial charge >= 0.3 is 0 Å². The Balaban J connectivity index is 2.05. The first-order valence-electron chi connectivity index (χ1n) is 5.66. The van der Waals surface area contributed by atoms with E-state index in [2.05, 4.69) is 6.07 Å².